The molecule has 0 radical (unpaired) electrons. The van der Waals surface area contributed by atoms with Crippen LogP contribution in [0.1, 0.15) is 5.82 Å². The Kier molecular flexibility index (Phi) is 1.96. The summed E-state index contributed by atoms with van der Waals surface area (Å²) in [5, 5.41) is 0.790. The van der Waals surface area contributed by atoms with Gasteiger partial charge in [-0.3, -0.25) is 0 Å². The van der Waals surface area contributed by atoms with E-state index in [4.69, 9.17) is 11.6 Å². The molecule has 2 aromatic rings. The van der Waals surface area contributed by atoms with Crippen molar-refractivity contribution in [2.45, 2.75) is 12.3 Å². The average Bonchev–Trinajstić information content (AvgIpc) is 2.56. The van der Waals surface area contributed by atoms with Gasteiger partial charge in [0, 0.05) is 17.3 Å². The summed E-state index contributed by atoms with van der Waals surface area (Å²) in [6.45, 7) is 1.05. The number of benzene rings is 1. The van der Waals surface area contributed by atoms with Gasteiger partial charge in [-0.2, -0.15) is 11.8 Å². The highest BCUT2D eigenvalue weighted by molar-refractivity contribution is 7.98. The van der Waals surface area contributed by atoms with Gasteiger partial charge < -0.3 is 4.57 Å². The molecule has 2 nitrogen and oxygen atoms in total. The third-order valence-corrected chi connectivity index (χ3v) is 3.65. The Morgan fingerprint density at radius 3 is 3.29 bits per heavy atom. The molecule has 0 saturated carbocycles. The molecule has 3 rings (SSSR count). The molecule has 0 amide bonds. The van der Waals surface area contributed by atoms with Crippen molar-refractivity contribution in [1.29, 1.82) is 0 Å². The second-order valence-electron chi connectivity index (χ2n) is 3.37. The third-order valence-electron chi connectivity index (χ3n) is 2.48. The molecule has 0 aliphatic carbocycles. The number of halogens is 1. The quantitative estimate of drug-likeness (QED) is 0.685. The molecule has 72 valence electrons. The van der Waals surface area contributed by atoms with Crippen molar-refractivity contribution in [1.82, 2.24) is 9.55 Å². The van der Waals surface area contributed by atoms with Crippen LogP contribution in [0.2, 0.25) is 5.02 Å². The minimum absolute atomic E-state index is 0.790. The van der Waals surface area contributed by atoms with Crippen LogP contribution in [0.15, 0.2) is 18.2 Å². The first-order valence-electron chi connectivity index (χ1n) is 4.57. The fourth-order valence-electron chi connectivity index (χ4n) is 1.82. The number of imidazole rings is 1. The molecular formula is C10H9ClN2S. The standard InChI is InChI=1S/C10H9ClN2S/c11-7-1-2-8-9(5-7)13-3-4-14-6-10(13)12-8/h1-2,5H,3-4,6H2. The minimum Gasteiger partial charge on any atom is -0.326 e. The van der Waals surface area contributed by atoms with Crippen LogP contribution in [-0.4, -0.2) is 15.3 Å². The molecule has 0 N–H and O–H groups in total. The molecule has 4 heteroatoms. The highest BCUT2D eigenvalue weighted by Gasteiger charge is 2.14. The number of thioether (sulfide) groups is 1. The van der Waals surface area contributed by atoms with Gasteiger partial charge in [0.2, 0.25) is 0 Å². The van der Waals surface area contributed by atoms with Crippen LogP contribution in [0, 0.1) is 0 Å². The van der Waals surface area contributed by atoms with Crippen LogP contribution in [0.25, 0.3) is 11.0 Å². The number of nitrogens with zero attached hydrogens (tertiary/aromatic N) is 2. The lowest BCUT2D eigenvalue weighted by atomic mass is 10.3. The molecule has 1 aromatic carbocycles. The topological polar surface area (TPSA) is 17.8 Å². The number of aromatic nitrogens is 2. The fraction of sp³-hybridized carbons (Fsp3) is 0.300. The zero-order valence-electron chi connectivity index (χ0n) is 7.53. The summed E-state index contributed by atoms with van der Waals surface area (Å²) in [5.41, 5.74) is 2.24. The van der Waals surface area contributed by atoms with Crippen LogP contribution in [0.5, 0.6) is 0 Å². The first kappa shape index (κ1) is 8.62. The summed E-state index contributed by atoms with van der Waals surface area (Å²) in [4.78, 5) is 4.58. The minimum atomic E-state index is 0.790. The molecule has 1 aliphatic rings. The molecule has 0 bridgehead atoms. The van der Waals surface area contributed by atoms with Crippen LogP contribution in [0.4, 0.5) is 0 Å². The van der Waals surface area contributed by atoms with Crippen molar-refractivity contribution in [3.8, 4) is 0 Å². The zero-order chi connectivity index (χ0) is 9.54. The van der Waals surface area contributed by atoms with Crippen molar-refractivity contribution in [3.63, 3.8) is 0 Å². The highest BCUT2D eigenvalue weighted by Crippen LogP contribution is 2.26. The third kappa shape index (κ3) is 1.23. The largest absolute Gasteiger partial charge is 0.326 e. The first-order valence-corrected chi connectivity index (χ1v) is 6.10. The first-order chi connectivity index (χ1) is 6.84. The second-order valence-corrected chi connectivity index (χ2v) is 4.91. The number of aryl methyl sites for hydroxylation is 1. The van der Waals surface area contributed by atoms with Crippen LogP contribution in [-0.2, 0) is 12.3 Å². The molecule has 0 atom stereocenters. The Bertz CT molecular complexity index is 492. The lowest BCUT2D eigenvalue weighted by Crippen LogP contribution is -2.10. The van der Waals surface area contributed by atoms with Crippen LogP contribution < -0.4 is 0 Å². The number of rotatable bonds is 0. The van der Waals surface area contributed by atoms with E-state index in [1.54, 1.807) is 0 Å². The molecule has 14 heavy (non-hydrogen) atoms. The SMILES string of the molecule is Clc1ccc2nc3n(c2c1)CCSC3. The second kappa shape index (κ2) is 3.17. The summed E-state index contributed by atoms with van der Waals surface area (Å²) < 4.78 is 2.28. The van der Waals surface area contributed by atoms with Gasteiger partial charge in [0.05, 0.1) is 16.8 Å². The lowest BCUT2D eigenvalue weighted by molar-refractivity contribution is 0.740. The monoisotopic (exact) mass is 224 g/mol. The van der Waals surface area contributed by atoms with E-state index in [1.165, 1.54) is 17.1 Å². The Labute approximate surface area is 91.3 Å². The van der Waals surface area contributed by atoms with Crippen molar-refractivity contribution in [2.75, 3.05) is 5.75 Å². The van der Waals surface area contributed by atoms with Gasteiger partial charge in [-0.25, -0.2) is 4.98 Å². The zero-order valence-corrected chi connectivity index (χ0v) is 9.11. The normalized spacial score (nSPS) is 15.8. The summed E-state index contributed by atoms with van der Waals surface area (Å²) in [5.74, 6) is 3.37. The maximum absolute atomic E-state index is 5.97. The van der Waals surface area contributed by atoms with E-state index in [0.717, 1.165) is 22.8 Å². The van der Waals surface area contributed by atoms with E-state index in [2.05, 4.69) is 9.55 Å². The van der Waals surface area contributed by atoms with Crippen molar-refractivity contribution < 1.29 is 0 Å². The van der Waals surface area contributed by atoms with E-state index in [0.29, 0.717) is 0 Å². The van der Waals surface area contributed by atoms with Gasteiger partial charge in [0.1, 0.15) is 5.82 Å². The van der Waals surface area contributed by atoms with E-state index < -0.39 is 0 Å². The number of hydrogen-bond acceptors (Lipinski definition) is 2. The van der Waals surface area contributed by atoms with Crippen molar-refractivity contribution >= 4 is 34.4 Å². The summed E-state index contributed by atoms with van der Waals surface area (Å²) in [6.07, 6.45) is 0. The van der Waals surface area contributed by atoms with Crippen LogP contribution in [0.3, 0.4) is 0 Å². The Hall–Kier alpha value is -0.670. The molecular weight excluding hydrogens is 216 g/mol. The van der Waals surface area contributed by atoms with E-state index in [-0.39, 0.29) is 0 Å². The molecule has 1 aliphatic heterocycles. The molecule has 1 aromatic heterocycles. The Morgan fingerprint density at radius 2 is 2.36 bits per heavy atom. The highest BCUT2D eigenvalue weighted by atomic mass is 35.5. The van der Waals surface area contributed by atoms with Crippen molar-refractivity contribution in [3.05, 3.63) is 29.0 Å². The molecule has 0 saturated heterocycles. The van der Waals surface area contributed by atoms with Gasteiger partial charge in [-0.05, 0) is 18.2 Å². The molecule has 0 spiro atoms. The summed E-state index contributed by atoms with van der Waals surface area (Å²) in [7, 11) is 0. The maximum atomic E-state index is 5.97. The Balaban J connectivity index is 2.32. The van der Waals surface area contributed by atoms with Crippen molar-refractivity contribution in [2.24, 2.45) is 0 Å². The van der Waals surface area contributed by atoms with E-state index >= 15 is 0 Å². The van der Waals surface area contributed by atoms with Gasteiger partial charge in [-0.15, -0.1) is 0 Å². The predicted molar refractivity (Wildman–Crippen MR) is 60.9 cm³/mol. The molecule has 0 fully saturated rings. The predicted octanol–water partition coefficient (Wildman–Crippen LogP) is 2.94. The van der Waals surface area contributed by atoms with E-state index in [1.807, 2.05) is 30.0 Å². The molecule has 0 unspecified atom stereocenters. The van der Waals surface area contributed by atoms with Gasteiger partial charge in [0.15, 0.2) is 0 Å². The van der Waals surface area contributed by atoms with Gasteiger partial charge >= 0.3 is 0 Å². The summed E-state index contributed by atoms with van der Waals surface area (Å²) >= 11 is 7.91. The number of fused-ring (bicyclic) bond motifs is 3. The van der Waals surface area contributed by atoms with Gasteiger partial charge in [0.25, 0.3) is 0 Å². The fourth-order valence-corrected chi connectivity index (χ4v) is 2.85. The van der Waals surface area contributed by atoms with Crippen LogP contribution >= 0.6 is 23.4 Å². The summed E-state index contributed by atoms with van der Waals surface area (Å²) in [6, 6.07) is 5.90. The van der Waals surface area contributed by atoms with Gasteiger partial charge in [-0.1, -0.05) is 11.6 Å². The average molecular weight is 225 g/mol. The molecule has 2 heterocycles. The number of hydrogen-bond donors (Lipinski definition) is 0. The Morgan fingerprint density at radius 1 is 1.43 bits per heavy atom. The lowest BCUT2D eigenvalue weighted by Gasteiger charge is -2.13. The smallest absolute Gasteiger partial charge is 0.119 e. The maximum Gasteiger partial charge on any atom is 0.119 e. The van der Waals surface area contributed by atoms with E-state index in [9.17, 15) is 0 Å².